The third-order valence-electron chi connectivity index (χ3n) is 5.46. The van der Waals surface area contributed by atoms with E-state index in [1.54, 1.807) is 12.1 Å². The van der Waals surface area contributed by atoms with E-state index in [4.69, 9.17) is 16.2 Å². The van der Waals surface area contributed by atoms with Crippen LogP contribution in [-0.4, -0.2) is 24.4 Å². The molecule has 6 heteroatoms. The first kappa shape index (κ1) is 20.6. The second-order valence-electron chi connectivity index (χ2n) is 7.77. The molecule has 158 valence electrons. The van der Waals surface area contributed by atoms with Gasteiger partial charge in [0, 0.05) is 23.1 Å². The molecule has 3 aromatic carbocycles. The zero-order valence-corrected chi connectivity index (χ0v) is 17.1. The van der Waals surface area contributed by atoms with Crippen molar-refractivity contribution in [2.75, 3.05) is 6.54 Å². The summed E-state index contributed by atoms with van der Waals surface area (Å²) in [5.74, 6) is 0.207. The molecule has 0 saturated heterocycles. The molecule has 4 rings (SSSR count). The van der Waals surface area contributed by atoms with Gasteiger partial charge in [0.25, 0.3) is 0 Å². The molecule has 1 fully saturated rings. The summed E-state index contributed by atoms with van der Waals surface area (Å²) < 4.78 is 6.15. The Morgan fingerprint density at radius 1 is 0.968 bits per heavy atom. The van der Waals surface area contributed by atoms with Crippen LogP contribution in [0.15, 0.2) is 72.8 Å². The number of rotatable bonds is 9. The first-order chi connectivity index (χ1) is 15.0. The summed E-state index contributed by atoms with van der Waals surface area (Å²) in [6, 6.07) is 23.5. The lowest BCUT2D eigenvalue weighted by Crippen LogP contribution is -2.30. The maximum atomic E-state index is 11.7. The summed E-state index contributed by atoms with van der Waals surface area (Å²) in [5.41, 5.74) is 15.1. The largest absolute Gasteiger partial charge is 0.488 e. The van der Waals surface area contributed by atoms with Gasteiger partial charge in [0.15, 0.2) is 0 Å². The lowest BCUT2D eigenvalue weighted by Gasteiger charge is -2.15. The fraction of sp³-hybridized carbons (Fsp3) is 0.200. The van der Waals surface area contributed by atoms with Crippen LogP contribution in [0.3, 0.4) is 0 Å². The summed E-state index contributed by atoms with van der Waals surface area (Å²) in [6.07, 6.45) is 0.943. The molecule has 0 heterocycles. The van der Waals surface area contributed by atoms with Gasteiger partial charge < -0.3 is 21.5 Å². The number of nitrogens with two attached hydrogens (primary N) is 2. The van der Waals surface area contributed by atoms with E-state index in [2.05, 4.69) is 17.4 Å². The highest BCUT2D eigenvalue weighted by atomic mass is 16.5. The van der Waals surface area contributed by atoms with Gasteiger partial charge in [0.1, 0.15) is 12.4 Å². The Morgan fingerprint density at radius 2 is 1.77 bits per heavy atom. The van der Waals surface area contributed by atoms with Gasteiger partial charge in [-0.15, -0.1) is 0 Å². The van der Waals surface area contributed by atoms with E-state index in [1.165, 1.54) is 0 Å². The van der Waals surface area contributed by atoms with Crippen LogP contribution in [0.5, 0.6) is 5.75 Å². The molecule has 0 bridgehead atoms. The standard InChI is InChI=1S/C25H25N3O3/c26-24(29)14-28-22-13-20(22)18-9-10-23(31-15-16-5-2-1-3-6-16)21(12-18)17-7-4-8-19(11-17)25(27)30/h1-12,20,22,28H,13-15H2,(H2,26,29)(H2,27,30)/t20-,22+/m0/s1. The number of carbonyl (C=O) groups excluding carboxylic acids is 2. The predicted octanol–water partition coefficient (Wildman–Crippen LogP) is 2.96. The normalized spacial score (nSPS) is 17.2. The van der Waals surface area contributed by atoms with Crippen LogP contribution in [0.2, 0.25) is 0 Å². The Labute approximate surface area is 181 Å². The fourth-order valence-corrected chi connectivity index (χ4v) is 3.73. The van der Waals surface area contributed by atoms with Crippen molar-refractivity contribution in [2.24, 2.45) is 11.5 Å². The van der Waals surface area contributed by atoms with E-state index < -0.39 is 5.91 Å². The zero-order valence-electron chi connectivity index (χ0n) is 17.1. The Bertz CT molecular complexity index is 1100. The molecule has 0 radical (unpaired) electrons. The predicted molar refractivity (Wildman–Crippen MR) is 120 cm³/mol. The zero-order chi connectivity index (χ0) is 21.8. The molecule has 3 aromatic rings. The molecule has 2 atom stereocenters. The van der Waals surface area contributed by atoms with Crippen molar-refractivity contribution in [3.05, 3.63) is 89.5 Å². The molecule has 5 N–H and O–H groups in total. The molecule has 31 heavy (non-hydrogen) atoms. The van der Waals surface area contributed by atoms with Gasteiger partial charge in [-0.25, -0.2) is 0 Å². The molecule has 2 amide bonds. The van der Waals surface area contributed by atoms with Crippen LogP contribution in [0.4, 0.5) is 0 Å². The maximum absolute atomic E-state index is 11.7. The molecule has 1 saturated carbocycles. The minimum Gasteiger partial charge on any atom is -0.488 e. The number of primary amides is 2. The van der Waals surface area contributed by atoms with E-state index in [1.807, 2.05) is 48.5 Å². The van der Waals surface area contributed by atoms with E-state index in [0.717, 1.165) is 34.4 Å². The van der Waals surface area contributed by atoms with Crippen molar-refractivity contribution in [2.45, 2.75) is 25.0 Å². The minimum atomic E-state index is -0.470. The number of benzene rings is 3. The van der Waals surface area contributed by atoms with Crippen LogP contribution in [-0.2, 0) is 11.4 Å². The van der Waals surface area contributed by atoms with Crippen LogP contribution in [0.25, 0.3) is 11.1 Å². The minimum absolute atomic E-state index is 0.174. The van der Waals surface area contributed by atoms with Crippen LogP contribution < -0.4 is 21.5 Å². The van der Waals surface area contributed by atoms with Gasteiger partial charge in [0.05, 0.1) is 6.54 Å². The van der Waals surface area contributed by atoms with Crippen molar-refractivity contribution in [3.63, 3.8) is 0 Å². The number of carbonyl (C=O) groups is 2. The van der Waals surface area contributed by atoms with Gasteiger partial charge in [-0.1, -0.05) is 48.5 Å². The highest BCUT2D eigenvalue weighted by molar-refractivity contribution is 5.94. The Balaban J connectivity index is 1.62. The van der Waals surface area contributed by atoms with E-state index in [9.17, 15) is 9.59 Å². The molecule has 0 aromatic heterocycles. The number of ether oxygens (including phenoxy) is 1. The third kappa shape index (κ3) is 5.10. The molecule has 0 unspecified atom stereocenters. The number of hydrogen-bond donors (Lipinski definition) is 3. The quantitative estimate of drug-likeness (QED) is 0.499. The lowest BCUT2D eigenvalue weighted by molar-refractivity contribution is -0.117. The fourth-order valence-electron chi connectivity index (χ4n) is 3.73. The monoisotopic (exact) mass is 415 g/mol. The van der Waals surface area contributed by atoms with Crippen molar-refractivity contribution in [1.29, 1.82) is 0 Å². The van der Waals surface area contributed by atoms with E-state index >= 15 is 0 Å². The summed E-state index contributed by atoms with van der Waals surface area (Å²) in [7, 11) is 0. The highest BCUT2D eigenvalue weighted by Crippen LogP contribution is 2.43. The third-order valence-corrected chi connectivity index (χ3v) is 5.46. The molecular weight excluding hydrogens is 390 g/mol. The van der Waals surface area contributed by atoms with Crippen molar-refractivity contribution in [3.8, 4) is 16.9 Å². The van der Waals surface area contributed by atoms with Crippen molar-refractivity contribution >= 4 is 11.8 Å². The Morgan fingerprint density at radius 3 is 2.52 bits per heavy atom. The second-order valence-corrected chi connectivity index (χ2v) is 7.77. The lowest BCUT2D eigenvalue weighted by atomic mass is 9.98. The van der Waals surface area contributed by atoms with Gasteiger partial charge in [-0.3, -0.25) is 9.59 Å². The average molecular weight is 415 g/mol. The maximum Gasteiger partial charge on any atom is 0.248 e. The van der Waals surface area contributed by atoms with Crippen LogP contribution in [0, 0.1) is 0 Å². The summed E-state index contributed by atoms with van der Waals surface area (Å²) in [6.45, 7) is 0.613. The summed E-state index contributed by atoms with van der Waals surface area (Å²) >= 11 is 0. The molecular formula is C25H25N3O3. The van der Waals surface area contributed by atoms with Gasteiger partial charge in [-0.2, -0.15) is 0 Å². The van der Waals surface area contributed by atoms with Crippen LogP contribution >= 0.6 is 0 Å². The van der Waals surface area contributed by atoms with E-state index in [0.29, 0.717) is 18.1 Å². The Hall–Kier alpha value is -3.64. The van der Waals surface area contributed by atoms with Gasteiger partial charge in [0.2, 0.25) is 11.8 Å². The molecule has 6 nitrogen and oxygen atoms in total. The van der Waals surface area contributed by atoms with Crippen molar-refractivity contribution in [1.82, 2.24) is 5.32 Å². The number of amides is 2. The summed E-state index contributed by atoms with van der Waals surface area (Å²) in [5, 5.41) is 3.18. The Kier molecular flexibility index (Phi) is 6.00. The molecule has 0 aliphatic heterocycles. The van der Waals surface area contributed by atoms with Crippen molar-refractivity contribution < 1.29 is 14.3 Å². The number of nitrogens with one attached hydrogen (secondary N) is 1. The highest BCUT2D eigenvalue weighted by Gasteiger charge is 2.38. The SMILES string of the molecule is NC(=O)CN[C@@H]1C[C@H]1c1ccc(OCc2ccccc2)c(-c2cccc(C(N)=O)c2)c1. The second kappa shape index (κ2) is 9.02. The number of hydrogen-bond acceptors (Lipinski definition) is 4. The molecule has 1 aliphatic rings. The topological polar surface area (TPSA) is 107 Å². The molecule has 1 aliphatic carbocycles. The molecule has 0 spiro atoms. The first-order valence-electron chi connectivity index (χ1n) is 10.2. The van der Waals surface area contributed by atoms with Gasteiger partial charge in [-0.05, 0) is 47.4 Å². The van der Waals surface area contributed by atoms with Crippen LogP contribution in [0.1, 0.15) is 33.8 Å². The summed E-state index contributed by atoms with van der Waals surface area (Å²) in [4.78, 5) is 22.7. The smallest absolute Gasteiger partial charge is 0.248 e. The average Bonchev–Trinajstić information content (AvgIpc) is 3.57. The van der Waals surface area contributed by atoms with E-state index in [-0.39, 0.29) is 18.5 Å². The first-order valence-corrected chi connectivity index (χ1v) is 10.2. The van der Waals surface area contributed by atoms with Gasteiger partial charge >= 0.3 is 0 Å².